The molecule has 0 radical (unpaired) electrons. The number of hydrogen-bond donors (Lipinski definition) is 0. The van der Waals surface area contributed by atoms with E-state index in [0.29, 0.717) is 17.4 Å². The molecule has 0 rings (SSSR count). The molecule has 0 N–H and O–H groups in total. The molecule has 78 heavy (non-hydrogen) atoms. The highest BCUT2D eigenvalue weighted by atomic mass is 16.7. The van der Waals surface area contributed by atoms with Crippen LogP contribution in [0.3, 0.4) is 0 Å². The van der Waals surface area contributed by atoms with Crippen molar-refractivity contribution in [3.63, 3.8) is 0 Å². The van der Waals surface area contributed by atoms with E-state index in [2.05, 4.69) is 62.5 Å². The number of hydrogen-bond acceptors (Lipinski definition) is 8. The smallest absolute Gasteiger partial charge is 0.306 e. The first-order valence-corrected chi connectivity index (χ1v) is 33.3. The summed E-state index contributed by atoms with van der Waals surface area (Å²) < 4.78 is 22.7. The Kier molecular flexibility index (Phi) is 58.2. The molecule has 0 aliphatic rings. The van der Waals surface area contributed by atoms with Gasteiger partial charge in [0.1, 0.15) is 13.2 Å². The van der Waals surface area contributed by atoms with Crippen molar-refractivity contribution in [1.82, 2.24) is 0 Å². The molecule has 0 fully saturated rings. The van der Waals surface area contributed by atoms with Crippen molar-refractivity contribution < 1.29 is 42.9 Å². The summed E-state index contributed by atoms with van der Waals surface area (Å²) in [6.07, 6.45) is 73.6. The zero-order chi connectivity index (χ0) is 56.9. The van der Waals surface area contributed by atoms with E-state index in [0.717, 1.165) is 64.2 Å². The van der Waals surface area contributed by atoms with Crippen molar-refractivity contribution in [2.45, 2.75) is 328 Å². The van der Waals surface area contributed by atoms with E-state index in [1.54, 1.807) is 0 Å². The van der Waals surface area contributed by atoms with E-state index in [1.807, 2.05) is 21.1 Å². The van der Waals surface area contributed by atoms with Crippen molar-refractivity contribution in [2.75, 3.05) is 47.5 Å². The minimum absolute atomic E-state index is 0.151. The van der Waals surface area contributed by atoms with Crippen LogP contribution in [0.25, 0.3) is 0 Å². The molecule has 0 aliphatic heterocycles. The van der Waals surface area contributed by atoms with Crippen molar-refractivity contribution in [3.8, 4) is 0 Å². The Bertz CT molecular complexity index is 1420. The molecule has 0 saturated heterocycles. The van der Waals surface area contributed by atoms with Gasteiger partial charge >= 0.3 is 11.9 Å². The second-order valence-corrected chi connectivity index (χ2v) is 23.7. The largest absolute Gasteiger partial charge is 0.545 e. The number of carboxylic acid groups (broad SMARTS) is 1. The summed E-state index contributed by atoms with van der Waals surface area (Å²) >= 11 is 0. The van der Waals surface area contributed by atoms with Crippen molar-refractivity contribution in [3.05, 3.63) is 48.6 Å². The Balaban J connectivity index is 3.87. The number of nitrogens with zero attached hydrogens (tertiary/aromatic N) is 1. The van der Waals surface area contributed by atoms with Crippen LogP contribution >= 0.6 is 0 Å². The van der Waals surface area contributed by atoms with Crippen LogP contribution in [0.1, 0.15) is 316 Å². The minimum Gasteiger partial charge on any atom is -0.545 e. The van der Waals surface area contributed by atoms with Gasteiger partial charge in [-0.15, -0.1) is 0 Å². The number of aliphatic carboxylic acids is 1. The van der Waals surface area contributed by atoms with Crippen LogP contribution in [-0.2, 0) is 33.3 Å². The van der Waals surface area contributed by atoms with E-state index in [1.165, 1.54) is 225 Å². The summed E-state index contributed by atoms with van der Waals surface area (Å²) in [5, 5.41) is 11.8. The molecule has 0 aliphatic carbocycles. The molecule has 0 bridgehead atoms. The second kappa shape index (κ2) is 60.3. The van der Waals surface area contributed by atoms with Gasteiger partial charge in [0.15, 0.2) is 12.4 Å². The molecule has 2 unspecified atom stereocenters. The predicted octanol–water partition coefficient (Wildman–Crippen LogP) is 18.9. The Morgan fingerprint density at radius 2 is 0.731 bits per heavy atom. The number of unbranched alkanes of at least 4 members (excludes halogenated alkanes) is 39. The number of esters is 2. The molecule has 0 spiro atoms. The highest BCUT2D eigenvalue weighted by Gasteiger charge is 2.22. The number of allylic oxidation sites excluding steroid dienone is 8. The lowest BCUT2D eigenvalue weighted by molar-refractivity contribution is -0.870. The van der Waals surface area contributed by atoms with E-state index in [-0.39, 0.29) is 32.2 Å². The lowest BCUT2D eigenvalue weighted by Gasteiger charge is -2.26. The average Bonchev–Trinajstić information content (AvgIpc) is 3.41. The van der Waals surface area contributed by atoms with Gasteiger partial charge in [0.25, 0.3) is 0 Å². The predicted molar refractivity (Wildman–Crippen MR) is 329 cm³/mol. The van der Waals surface area contributed by atoms with Crippen LogP contribution in [0.4, 0.5) is 0 Å². The SMILES string of the molecule is CC/C=C\C/C=C\C/C=C\C/C=C\CCCCCCCCCCCCCCCCCCCCCCCCCCCCCCC(=O)OC(COC(=O)CCCCCCCCCCCCCC)COC(OCC[N+](C)(C)C)C(=O)[O-]. The summed E-state index contributed by atoms with van der Waals surface area (Å²) in [6, 6.07) is 0. The number of quaternary nitrogens is 1. The Morgan fingerprint density at radius 1 is 0.397 bits per heavy atom. The number of likely N-dealkylation sites (N-methyl/N-ethyl adjacent to an activating group) is 1. The van der Waals surface area contributed by atoms with Gasteiger partial charge in [0, 0.05) is 12.8 Å². The summed E-state index contributed by atoms with van der Waals surface area (Å²) in [7, 11) is 5.93. The highest BCUT2D eigenvalue weighted by molar-refractivity contribution is 5.70. The lowest BCUT2D eigenvalue weighted by Crippen LogP contribution is -2.44. The third kappa shape index (κ3) is 60.9. The van der Waals surface area contributed by atoms with Crippen LogP contribution in [0.15, 0.2) is 48.6 Å². The van der Waals surface area contributed by atoms with Crippen LogP contribution in [0.5, 0.6) is 0 Å². The molecule has 0 saturated carbocycles. The summed E-state index contributed by atoms with van der Waals surface area (Å²) in [6.45, 7) is 4.67. The Morgan fingerprint density at radius 3 is 1.09 bits per heavy atom. The summed E-state index contributed by atoms with van der Waals surface area (Å²) in [5.41, 5.74) is 0. The maximum atomic E-state index is 12.9. The monoisotopic (exact) mass is 1100 g/mol. The van der Waals surface area contributed by atoms with Gasteiger partial charge in [-0.1, -0.05) is 300 Å². The number of ether oxygens (including phenoxy) is 4. The topological polar surface area (TPSA) is 111 Å². The van der Waals surface area contributed by atoms with Crippen molar-refractivity contribution in [1.29, 1.82) is 0 Å². The van der Waals surface area contributed by atoms with Gasteiger partial charge in [-0.3, -0.25) is 9.59 Å². The molecular weight excluding hydrogens is 971 g/mol. The van der Waals surface area contributed by atoms with Crippen molar-refractivity contribution >= 4 is 17.9 Å². The van der Waals surface area contributed by atoms with Gasteiger partial charge in [-0.2, -0.15) is 0 Å². The van der Waals surface area contributed by atoms with E-state index in [4.69, 9.17) is 18.9 Å². The molecule has 456 valence electrons. The maximum absolute atomic E-state index is 12.9. The molecule has 0 aromatic rings. The van der Waals surface area contributed by atoms with Gasteiger partial charge in [0.2, 0.25) is 0 Å². The number of carboxylic acids is 1. The number of carbonyl (C=O) groups is 3. The molecule has 0 aromatic carbocycles. The highest BCUT2D eigenvalue weighted by Crippen LogP contribution is 2.18. The number of rotatable bonds is 62. The molecule has 9 nitrogen and oxygen atoms in total. The normalized spacial score (nSPS) is 13.0. The van der Waals surface area contributed by atoms with E-state index < -0.39 is 24.3 Å². The third-order valence-corrected chi connectivity index (χ3v) is 14.8. The number of carbonyl (C=O) groups excluding carboxylic acids is 3. The van der Waals surface area contributed by atoms with Crippen molar-refractivity contribution in [2.24, 2.45) is 0 Å². The summed E-state index contributed by atoms with van der Waals surface area (Å²) in [4.78, 5) is 37.2. The van der Waals surface area contributed by atoms with Crippen LogP contribution < -0.4 is 5.11 Å². The molecule has 9 heteroatoms. The van der Waals surface area contributed by atoms with Gasteiger partial charge in [0.05, 0.1) is 40.3 Å². The van der Waals surface area contributed by atoms with E-state index >= 15 is 0 Å². The first-order valence-electron chi connectivity index (χ1n) is 33.3. The zero-order valence-corrected chi connectivity index (χ0v) is 52.0. The Hall–Kier alpha value is -2.75. The molecule has 2 atom stereocenters. The lowest BCUT2D eigenvalue weighted by atomic mass is 10.0. The second-order valence-electron chi connectivity index (χ2n) is 23.7. The quantitative estimate of drug-likeness (QED) is 0.0195. The first kappa shape index (κ1) is 75.2. The average molecular weight is 1100 g/mol. The van der Waals surface area contributed by atoms with Crippen LogP contribution in [0.2, 0.25) is 0 Å². The maximum Gasteiger partial charge on any atom is 0.306 e. The van der Waals surface area contributed by atoms with Gasteiger partial charge in [-0.25, -0.2) is 0 Å². The molecular formula is C69H127NO8. The van der Waals surface area contributed by atoms with E-state index in [9.17, 15) is 19.5 Å². The summed E-state index contributed by atoms with van der Waals surface area (Å²) in [5.74, 6) is -2.26. The minimum atomic E-state index is -1.62. The molecule has 0 aromatic heterocycles. The fraction of sp³-hybridized carbons (Fsp3) is 0.841. The fourth-order valence-corrected chi connectivity index (χ4v) is 9.77. The van der Waals surface area contributed by atoms with Crippen LogP contribution in [0, 0.1) is 0 Å². The van der Waals surface area contributed by atoms with Gasteiger partial charge in [-0.05, 0) is 51.4 Å². The standard InChI is InChI=1S/C69H127NO8/c1-6-8-10-12-14-16-18-20-21-22-23-24-25-26-27-28-29-30-31-32-33-34-35-36-37-38-39-40-41-42-43-44-45-46-47-48-50-52-54-56-58-60-67(72)78-65(64-77-69(68(73)74)75-62-61-70(3,4)5)63-76-66(71)59-57-55-53-51-49-19-17-15-13-11-9-7-2/h8,10,14,16,20-21,23-24,65,69H,6-7,9,11-13,15,17-19,22,25-64H2,1-5H3/b10-8-,16-14-,21-20-,24-23-. The third-order valence-electron chi connectivity index (χ3n) is 14.8. The molecule has 0 amide bonds. The zero-order valence-electron chi connectivity index (χ0n) is 52.0. The molecule has 0 heterocycles. The fourth-order valence-electron chi connectivity index (χ4n) is 9.77. The Labute approximate surface area is 482 Å². The van der Waals surface area contributed by atoms with Crippen LogP contribution in [-0.4, -0.2) is 82.3 Å². The first-order chi connectivity index (χ1) is 38.1. The van der Waals surface area contributed by atoms with Gasteiger partial charge < -0.3 is 33.3 Å².